The van der Waals surface area contributed by atoms with Gasteiger partial charge in [0.05, 0.1) is 5.69 Å². The SMILES string of the molecule is CNc1nc(C2CC2)nc(-c2c(C)cc(C)cc2F)c1C. The average molecular weight is 285 g/mol. The van der Waals surface area contributed by atoms with Crippen molar-refractivity contribution in [3.05, 3.63) is 40.5 Å². The quantitative estimate of drug-likeness (QED) is 0.921. The molecule has 3 nitrogen and oxygen atoms in total. The molecule has 1 saturated carbocycles. The van der Waals surface area contributed by atoms with E-state index in [9.17, 15) is 4.39 Å². The molecule has 1 fully saturated rings. The summed E-state index contributed by atoms with van der Waals surface area (Å²) < 4.78 is 14.5. The molecule has 0 radical (unpaired) electrons. The zero-order valence-electron chi connectivity index (χ0n) is 12.9. The summed E-state index contributed by atoms with van der Waals surface area (Å²) >= 11 is 0. The number of aryl methyl sites for hydroxylation is 2. The van der Waals surface area contributed by atoms with E-state index in [0.717, 1.165) is 41.2 Å². The third-order valence-corrected chi connectivity index (χ3v) is 4.01. The second kappa shape index (κ2) is 5.10. The van der Waals surface area contributed by atoms with E-state index in [4.69, 9.17) is 0 Å². The number of rotatable bonds is 3. The third kappa shape index (κ3) is 2.50. The fourth-order valence-electron chi connectivity index (χ4n) is 2.76. The molecule has 4 heteroatoms. The molecule has 1 aromatic heterocycles. The van der Waals surface area contributed by atoms with Crippen LogP contribution in [0, 0.1) is 26.6 Å². The maximum Gasteiger partial charge on any atom is 0.134 e. The number of hydrogen-bond acceptors (Lipinski definition) is 3. The second-order valence-corrected chi connectivity index (χ2v) is 5.87. The van der Waals surface area contributed by atoms with Crippen LogP contribution in [0.1, 0.15) is 41.3 Å². The van der Waals surface area contributed by atoms with Crippen molar-refractivity contribution in [3.63, 3.8) is 0 Å². The maximum atomic E-state index is 14.5. The molecule has 0 bridgehead atoms. The zero-order chi connectivity index (χ0) is 15.1. The first-order chi connectivity index (χ1) is 10.0. The van der Waals surface area contributed by atoms with Crippen LogP contribution in [0.2, 0.25) is 0 Å². The summed E-state index contributed by atoms with van der Waals surface area (Å²) in [6.45, 7) is 5.78. The van der Waals surface area contributed by atoms with Crippen molar-refractivity contribution in [1.82, 2.24) is 9.97 Å². The summed E-state index contributed by atoms with van der Waals surface area (Å²) in [5.74, 6) is 1.85. The maximum absolute atomic E-state index is 14.5. The Morgan fingerprint density at radius 3 is 2.43 bits per heavy atom. The van der Waals surface area contributed by atoms with Gasteiger partial charge in [-0.25, -0.2) is 14.4 Å². The van der Waals surface area contributed by atoms with Gasteiger partial charge in [-0.1, -0.05) is 6.07 Å². The number of hydrogen-bond donors (Lipinski definition) is 1. The van der Waals surface area contributed by atoms with Crippen molar-refractivity contribution in [3.8, 4) is 11.3 Å². The summed E-state index contributed by atoms with van der Waals surface area (Å²) in [5, 5.41) is 3.11. The molecule has 1 heterocycles. The Labute approximate surface area is 124 Å². The van der Waals surface area contributed by atoms with Crippen LogP contribution in [0.5, 0.6) is 0 Å². The molecule has 0 saturated heterocycles. The van der Waals surface area contributed by atoms with Gasteiger partial charge in [-0.3, -0.25) is 0 Å². The fourth-order valence-corrected chi connectivity index (χ4v) is 2.76. The van der Waals surface area contributed by atoms with Gasteiger partial charge >= 0.3 is 0 Å². The van der Waals surface area contributed by atoms with E-state index < -0.39 is 0 Å². The first-order valence-corrected chi connectivity index (χ1v) is 7.34. The van der Waals surface area contributed by atoms with Gasteiger partial charge in [-0.2, -0.15) is 0 Å². The molecular formula is C17H20FN3. The number of anilines is 1. The summed E-state index contributed by atoms with van der Waals surface area (Å²) in [7, 11) is 1.84. The van der Waals surface area contributed by atoms with Gasteiger partial charge in [-0.15, -0.1) is 0 Å². The van der Waals surface area contributed by atoms with E-state index >= 15 is 0 Å². The Bertz CT molecular complexity index is 682. The lowest BCUT2D eigenvalue weighted by Crippen LogP contribution is -2.06. The van der Waals surface area contributed by atoms with Crippen LogP contribution in [-0.4, -0.2) is 17.0 Å². The van der Waals surface area contributed by atoms with Gasteiger partial charge in [0.2, 0.25) is 0 Å². The predicted molar refractivity (Wildman–Crippen MR) is 83.2 cm³/mol. The highest BCUT2D eigenvalue weighted by molar-refractivity contribution is 5.72. The Balaban J connectivity index is 2.24. The highest BCUT2D eigenvalue weighted by Gasteiger charge is 2.29. The molecule has 3 rings (SSSR count). The first-order valence-electron chi connectivity index (χ1n) is 7.34. The lowest BCUT2D eigenvalue weighted by molar-refractivity contribution is 0.628. The largest absolute Gasteiger partial charge is 0.373 e. The minimum atomic E-state index is -0.210. The molecule has 0 amide bonds. The van der Waals surface area contributed by atoms with Crippen LogP contribution in [-0.2, 0) is 0 Å². The van der Waals surface area contributed by atoms with Gasteiger partial charge in [0.1, 0.15) is 17.5 Å². The fraction of sp³-hybridized carbons (Fsp3) is 0.412. The van der Waals surface area contributed by atoms with Crippen LogP contribution in [0.4, 0.5) is 10.2 Å². The molecule has 0 atom stereocenters. The summed E-state index contributed by atoms with van der Waals surface area (Å²) in [6, 6.07) is 3.57. The Morgan fingerprint density at radius 1 is 1.14 bits per heavy atom. The molecule has 2 aromatic rings. The lowest BCUT2D eigenvalue weighted by atomic mass is 9.99. The standard InChI is InChI=1S/C17H20FN3/c1-9-7-10(2)14(13(18)8-9)15-11(3)16(19-4)21-17(20-15)12-5-6-12/h7-8,12H,5-6H2,1-4H3,(H,19,20,21). The van der Waals surface area contributed by atoms with Crippen LogP contribution in [0.15, 0.2) is 12.1 Å². The van der Waals surface area contributed by atoms with E-state index in [1.165, 1.54) is 0 Å². The van der Waals surface area contributed by atoms with Crippen molar-refractivity contribution in [2.45, 2.75) is 39.5 Å². The highest BCUT2D eigenvalue weighted by Crippen LogP contribution is 2.40. The molecule has 0 aliphatic heterocycles. The Morgan fingerprint density at radius 2 is 1.86 bits per heavy atom. The van der Waals surface area contributed by atoms with Crippen molar-refractivity contribution >= 4 is 5.82 Å². The molecule has 110 valence electrons. The summed E-state index contributed by atoms with van der Waals surface area (Å²) in [6.07, 6.45) is 2.25. The van der Waals surface area contributed by atoms with Crippen molar-refractivity contribution in [2.24, 2.45) is 0 Å². The van der Waals surface area contributed by atoms with Crippen molar-refractivity contribution < 1.29 is 4.39 Å². The molecule has 0 spiro atoms. The first kappa shape index (κ1) is 14.0. The van der Waals surface area contributed by atoms with E-state index in [0.29, 0.717) is 17.2 Å². The molecule has 21 heavy (non-hydrogen) atoms. The highest BCUT2D eigenvalue weighted by atomic mass is 19.1. The topological polar surface area (TPSA) is 37.8 Å². The normalized spacial score (nSPS) is 14.3. The minimum Gasteiger partial charge on any atom is -0.373 e. The zero-order valence-corrected chi connectivity index (χ0v) is 12.9. The second-order valence-electron chi connectivity index (χ2n) is 5.87. The minimum absolute atomic E-state index is 0.210. The molecule has 1 aliphatic carbocycles. The Kier molecular flexibility index (Phi) is 3.40. The van der Waals surface area contributed by atoms with Crippen molar-refractivity contribution in [2.75, 3.05) is 12.4 Å². The van der Waals surface area contributed by atoms with Crippen LogP contribution in [0.3, 0.4) is 0 Å². The van der Waals surface area contributed by atoms with E-state index in [1.54, 1.807) is 6.07 Å². The number of nitrogens with zero attached hydrogens (tertiary/aromatic N) is 2. The summed E-state index contributed by atoms with van der Waals surface area (Å²) in [5.41, 5.74) is 4.05. The number of halogens is 1. The lowest BCUT2D eigenvalue weighted by Gasteiger charge is -2.15. The molecular weight excluding hydrogens is 265 g/mol. The predicted octanol–water partition coefficient (Wildman–Crippen LogP) is 4.13. The van der Waals surface area contributed by atoms with Crippen LogP contribution < -0.4 is 5.32 Å². The van der Waals surface area contributed by atoms with E-state index in [-0.39, 0.29) is 5.82 Å². The number of benzene rings is 1. The Hall–Kier alpha value is -1.97. The van der Waals surface area contributed by atoms with Gasteiger partial charge in [0, 0.05) is 24.1 Å². The monoisotopic (exact) mass is 285 g/mol. The van der Waals surface area contributed by atoms with E-state index in [2.05, 4.69) is 15.3 Å². The molecule has 0 unspecified atom stereocenters. The van der Waals surface area contributed by atoms with Gasteiger partial charge < -0.3 is 5.32 Å². The summed E-state index contributed by atoms with van der Waals surface area (Å²) in [4.78, 5) is 9.24. The molecule has 1 N–H and O–H groups in total. The van der Waals surface area contributed by atoms with Gasteiger partial charge in [0.25, 0.3) is 0 Å². The van der Waals surface area contributed by atoms with Crippen molar-refractivity contribution in [1.29, 1.82) is 0 Å². The molecule has 1 aliphatic rings. The van der Waals surface area contributed by atoms with Crippen LogP contribution in [0.25, 0.3) is 11.3 Å². The number of aromatic nitrogens is 2. The van der Waals surface area contributed by atoms with E-state index in [1.807, 2.05) is 33.9 Å². The molecule has 1 aromatic carbocycles. The average Bonchev–Trinajstić information content (AvgIpc) is 3.24. The number of nitrogens with one attached hydrogen (secondary N) is 1. The van der Waals surface area contributed by atoms with Crippen LogP contribution >= 0.6 is 0 Å². The van der Waals surface area contributed by atoms with Gasteiger partial charge in [-0.05, 0) is 50.8 Å². The smallest absolute Gasteiger partial charge is 0.134 e. The van der Waals surface area contributed by atoms with Gasteiger partial charge in [0.15, 0.2) is 0 Å². The third-order valence-electron chi connectivity index (χ3n) is 4.01.